The molecule has 40 heavy (non-hydrogen) atoms. The minimum Gasteiger partial charge on any atom is -0.354 e. The SMILES string of the molecule is CCCCNC(=O)[C@@H](CC)N(Cc1ccc(Cl)c(Cl)c1)C(=O)CN(c1cccc(C)c1)S(=O)(=O)c1ccccc1. The van der Waals surface area contributed by atoms with Crippen LogP contribution in [0.25, 0.3) is 0 Å². The van der Waals surface area contributed by atoms with Crippen LogP contribution in [0.5, 0.6) is 0 Å². The predicted octanol–water partition coefficient (Wildman–Crippen LogP) is 6.22. The van der Waals surface area contributed by atoms with Gasteiger partial charge in [-0.25, -0.2) is 8.42 Å². The summed E-state index contributed by atoms with van der Waals surface area (Å²) < 4.78 is 28.8. The fourth-order valence-corrected chi connectivity index (χ4v) is 6.04. The Kier molecular flexibility index (Phi) is 11.4. The fraction of sp³-hybridized carbons (Fsp3) is 0.333. The molecule has 0 aliphatic carbocycles. The molecule has 0 radical (unpaired) electrons. The number of hydrogen-bond acceptors (Lipinski definition) is 4. The zero-order valence-corrected chi connectivity index (χ0v) is 25.3. The molecule has 0 saturated heterocycles. The van der Waals surface area contributed by atoms with Gasteiger partial charge in [-0.05, 0) is 67.3 Å². The lowest BCUT2D eigenvalue weighted by Gasteiger charge is -2.33. The van der Waals surface area contributed by atoms with Gasteiger partial charge in [0.1, 0.15) is 12.6 Å². The van der Waals surface area contributed by atoms with E-state index in [1.165, 1.54) is 17.0 Å². The molecule has 0 aliphatic heterocycles. The average Bonchev–Trinajstić information content (AvgIpc) is 2.94. The molecule has 0 aromatic heterocycles. The lowest BCUT2D eigenvalue weighted by Crippen LogP contribution is -2.52. The standard InChI is InChI=1S/C30H35Cl2N3O4S/c1-4-6-17-33-30(37)28(5-2)34(20-23-15-16-26(31)27(32)19-23)29(36)21-35(24-12-10-11-22(3)18-24)40(38,39)25-13-8-7-9-14-25/h7-16,18-19,28H,4-6,17,20-21H2,1-3H3,(H,33,37)/t28-/m1/s1. The summed E-state index contributed by atoms with van der Waals surface area (Å²) in [6.45, 7) is 5.72. The van der Waals surface area contributed by atoms with Gasteiger partial charge in [0.15, 0.2) is 0 Å². The highest BCUT2D eigenvalue weighted by molar-refractivity contribution is 7.92. The van der Waals surface area contributed by atoms with Crippen LogP contribution in [0.1, 0.15) is 44.2 Å². The van der Waals surface area contributed by atoms with Gasteiger partial charge < -0.3 is 10.2 Å². The monoisotopic (exact) mass is 603 g/mol. The highest BCUT2D eigenvalue weighted by Gasteiger charge is 2.33. The Morgan fingerprint density at radius 3 is 2.27 bits per heavy atom. The van der Waals surface area contributed by atoms with Gasteiger partial charge in [0.25, 0.3) is 10.0 Å². The lowest BCUT2D eigenvalue weighted by molar-refractivity contribution is -0.140. The molecule has 0 bridgehead atoms. The molecule has 0 unspecified atom stereocenters. The maximum atomic E-state index is 14.1. The van der Waals surface area contributed by atoms with Crippen molar-refractivity contribution in [1.82, 2.24) is 10.2 Å². The molecule has 0 heterocycles. The van der Waals surface area contributed by atoms with Crippen molar-refractivity contribution in [3.63, 3.8) is 0 Å². The van der Waals surface area contributed by atoms with E-state index in [1.54, 1.807) is 54.6 Å². The summed E-state index contributed by atoms with van der Waals surface area (Å²) in [5.41, 5.74) is 1.86. The zero-order valence-electron chi connectivity index (χ0n) is 22.9. The van der Waals surface area contributed by atoms with E-state index >= 15 is 0 Å². The van der Waals surface area contributed by atoms with Crippen molar-refractivity contribution in [3.8, 4) is 0 Å². The zero-order chi connectivity index (χ0) is 29.3. The Morgan fingerprint density at radius 2 is 1.65 bits per heavy atom. The molecule has 3 aromatic carbocycles. The average molecular weight is 605 g/mol. The summed E-state index contributed by atoms with van der Waals surface area (Å²) in [6, 6.07) is 19.1. The van der Waals surface area contributed by atoms with Crippen LogP contribution in [-0.4, -0.2) is 44.3 Å². The Bertz CT molecular complexity index is 1420. The summed E-state index contributed by atoms with van der Waals surface area (Å²) in [4.78, 5) is 28.8. The molecule has 3 aromatic rings. The first-order valence-electron chi connectivity index (χ1n) is 13.2. The van der Waals surface area contributed by atoms with E-state index in [2.05, 4.69) is 5.32 Å². The number of anilines is 1. The third-order valence-corrected chi connectivity index (χ3v) is 8.98. The summed E-state index contributed by atoms with van der Waals surface area (Å²) in [6.07, 6.45) is 2.05. The minimum atomic E-state index is -4.11. The van der Waals surface area contributed by atoms with Crippen LogP contribution in [0.15, 0.2) is 77.7 Å². The first-order valence-corrected chi connectivity index (χ1v) is 15.4. The van der Waals surface area contributed by atoms with Crippen molar-refractivity contribution >= 4 is 50.7 Å². The number of unbranched alkanes of at least 4 members (excludes halogenated alkanes) is 1. The number of nitrogens with one attached hydrogen (secondary N) is 1. The maximum Gasteiger partial charge on any atom is 0.264 e. The largest absolute Gasteiger partial charge is 0.354 e. The summed E-state index contributed by atoms with van der Waals surface area (Å²) >= 11 is 12.3. The van der Waals surface area contributed by atoms with E-state index in [1.807, 2.05) is 26.8 Å². The molecule has 0 aliphatic rings. The maximum absolute atomic E-state index is 14.1. The molecule has 7 nitrogen and oxygen atoms in total. The van der Waals surface area contributed by atoms with Crippen LogP contribution >= 0.6 is 23.2 Å². The number of amides is 2. The summed E-state index contributed by atoms with van der Waals surface area (Å²) in [7, 11) is -4.11. The van der Waals surface area contributed by atoms with Crippen LogP contribution in [0, 0.1) is 6.92 Å². The molecule has 214 valence electrons. The summed E-state index contributed by atoms with van der Waals surface area (Å²) in [5, 5.41) is 3.60. The number of nitrogens with zero attached hydrogens (tertiary/aromatic N) is 2. The number of aryl methyl sites for hydroxylation is 1. The van der Waals surface area contributed by atoms with Gasteiger partial charge in [-0.1, -0.05) is 79.9 Å². The number of sulfonamides is 1. The first-order chi connectivity index (χ1) is 19.1. The molecule has 0 spiro atoms. The predicted molar refractivity (Wildman–Crippen MR) is 161 cm³/mol. The second kappa shape index (κ2) is 14.5. The van der Waals surface area contributed by atoms with E-state index in [0.717, 1.165) is 22.7 Å². The molecule has 2 amide bonds. The second-order valence-corrected chi connectivity index (χ2v) is 12.2. The van der Waals surface area contributed by atoms with Crippen LogP contribution in [-0.2, 0) is 26.2 Å². The first kappa shape index (κ1) is 31.5. The van der Waals surface area contributed by atoms with Gasteiger partial charge in [0, 0.05) is 13.1 Å². The third-order valence-electron chi connectivity index (χ3n) is 6.45. The van der Waals surface area contributed by atoms with Gasteiger partial charge in [-0.3, -0.25) is 13.9 Å². The lowest BCUT2D eigenvalue weighted by atomic mass is 10.1. The van der Waals surface area contributed by atoms with Crippen molar-refractivity contribution in [2.45, 2.75) is 57.5 Å². The fourth-order valence-electron chi connectivity index (χ4n) is 4.29. The van der Waals surface area contributed by atoms with Gasteiger partial charge in [-0.2, -0.15) is 0 Å². The third kappa shape index (κ3) is 7.99. The molecule has 1 N–H and O–H groups in total. The van der Waals surface area contributed by atoms with Gasteiger partial charge in [0.2, 0.25) is 11.8 Å². The van der Waals surface area contributed by atoms with Crippen molar-refractivity contribution in [3.05, 3.63) is 94.0 Å². The normalized spacial score (nSPS) is 12.0. The van der Waals surface area contributed by atoms with Crippen LogP contribution in [0.2, 0.25) is 10.0 Å². The van der Waals surface area contributed by atoms with Crippen molar-refractivity contribution in [2.24, 2.45) is 0 Å². The molecule has 10 heteroatoms. The van der Waals surface area contributed by atoms with Gasteiger partial charge in [0.05, 0.1) is 20.6 Å². The number of benzene rings is 3. The highest BCUT2D eigenvalue weighted by Crippen LogP contribution is 2.27. The number of rotatable bonds is 13. The highest BCUT2D eigenvalue weighted by atomic mass is 35.5. The molecule has 1 atom stereocenters. The van der Waals surface area contributed by atoms with Crippen LogP contribution in [0.4, 0.5) is 5.69 Å². The van der Waals surface area contributed by atoms with Crippen LogP contribution in [0.3, 0.4) is 0 Å². The Hall–Kier alpha value is -3.07. The van der Waals surface area contributed by atoms with Crippen molar-refractivity contribution in [1.29, 1.82) is 0 Å². The molecular formula is C30H35Cl2N3O4S. The molecule has 3 rings (SSSR count). The number of hydrogen-bond donors (Lipinski definition) is 1. The van der Waals surface area contributed by atoms with E-state index in [9.17, 15) is 18.0 Å². The molecular weight excluding hydrogens is 569 g/mol. The number of carbonyl (C=O) groups excluding carboxylic acids is 2. The Labute approximate surface area is 247 Å². The van der Waals surface area contributed by atoms with Crippen LogP contribution < -0.4 is 9.62 Å². The Balaban J connectivity index is 2.04. The van der Waals surface area contributed by atoms with E-state index in [0.29, 0.717) is 34.3 Å². The quantitative estimate of drug-likeness (QED) is 0.235. The number of carbonyl (C=O) groups is 2. The topological polar surface area (TPSA) is 86.8 Å². The van der Waals surface area contributed by atoms with E-state index in [-0.39, 0.29) is 17.3 Å². The Morgan fingerprint density at radius 1 is 0.925 bits per heavy atom. The van der Waals surface area contributed by atoms with Gasteiger partial charge >= 0.3 is 0 Å². The second-order valence-electron chi connectivity index (χ2n) is 9.50. The molecule has 0 fully saturated rings. The van der Waals surface area contributed by atoms with E-state index in [4.69, 9.17) is 23.2 Å². The summed E-state index contributed by atoms with van der Waals surface area (Å²) in [5.74, 6) is -0.818. The minimum absolute atomic E-state index is 0.0441. The van der Waals surface area contributed by atoms with E-state index < -0.39 is 28.5 Å². The van der Waals surface area contributed by atoms with Crippen molar-refractivity contribution < 1.29 is 18.0 Å². The smallest absolute Gasteiger partial charge is 0.264 e. The number of halogens is 2. The van der Waals surface area contributed by atoms with Gasteiger partial charge in [-0.15, -0.1) is 0 Å². The molecule has 0 saturated carbocycles. The van der Waals surface area contributed by atoms with Crippen molar-refractivity contribution in [2.75, 3.05) is 17.4 Å².